The molecule has 1 saturated heterocycles. The van der Waals surface area contributed by atoms with Gasteiger partial charge in [-0.05, 0) is 37.1 Å². The highest BCUT2D eigenvalue weighted by Crippen LogP contribution is 2.33. The van der Waals surface area contributed by atoms with E-state index in [2.05, 4.69) is 15.3 Å². The number of hydrogen-bond acceptors (Lipinski definition) is 5. The van der Waals surface area contributed by atoms with Crippen LogP contribution in [0.15, 0.2) is 42.7 Å². The lowest BCUT2D eigenvalue weighted by molar-refractivity contribution is 0.102. The smallest absolute Gasteiger partial charge is 0.259 e. The summed E-state index contributed by atoms with van der Waals surface area (Å²) in [5.74, 6) is 1.15. The average molecular weight is 364 g/mol. The van der Waals surface area contributed by atoms with Gasteiger partial charge in [-0.3, -0.25) is 4.79 Å². The zero-order chi connectivity index (χ0) is 18.2. The molecule has 7 nitrogen and oxygen atoms in total. The van der Waals surface area contributed by atoms with Gasteiger partial charge in [-0.1, -0.05) is 0 Å². The number of fused-ring (bicyclic) bond motifs is 2. The third kappa shape index (κ3) is 2.95. The van der Waals surface area contributed by atoms with Crippen LogP contribution >= 0.6 is 0 Å². The molecule has 27 heavy (non-hydrogen) atoms. The molecule has 2 aromatic heterocycles. The lowest BCUT2D eigenvalue weighted by atomic mass is 10.2. The predicted octanol–water partition coefficient (Wildman–Crippen LogP) is 2.96. The number of carbonyl (C=O) groups excluding carboxylic acids is 1. The molecule has 0 unspecified atom stereocenters. The minimum Gasteiger partial charge on any atom is -0.486 e. The molecule has 0 spiro atoms. The van der Waals surface area contributed by atoms with Gasteiger partial charge in [0.25, 0.3) is 5.91 Å². The van der Waals surface area contributed by atoms with E-state index >= 15 is 0 Å². The summed E-state index contributed by atoms with van der Waals surface area (Å²) < 4.78 is 12.8. The van der Waals surface area contributed by atoms with Crippen LogP contribution in [-0.2, 0) is 0 Å². The van der Waals surface area contributed by atoms with Gasteiger partial charge < -0.3 is 19.7 Å². The molecule has 1 aromatic carbocycles. The highest BCUT2D eigenvalue weighted by molar-refractivity contribution is 6.09. The van der Waals surface area contributed by atoms with Crippen LogP contribution in [0.5, 0.6) is 11.5 Å². The zero-order valence-corrected chi connectivity index (χ0v) is 14.9. The van der Waals surface area contributed by atoms with Crippen molar-refractivity contribution in [2.75, 3.05) is 36.5 Å². The van der Waals surface area contributed by atoms with Gasteiger partial charge in [-0.25, -0.2) is 4.52 Å². The molecule has 0 bridgehead atoms. The van der Waals surface area contributed by atoms with Crippen molar-refractivity contribution in [3.63, 3.8) is 0 Å². The van der Waals surface area contributed by atoms with Crippen molar-refractivity contribution in [1.82, 2.24) is 9.61 Å². The number of ether oxygens (including phenoxy) is 2. The van der Waals surface area contributed by atoms with E-state index in [1.807, 2.05) is 30.5 Å². The number of carbonyl (C=O) groups is 1. The molecule has 1 N–H and O–H groups in total. The largest absolute Gasteiger partial charge is 0.486 e. The topological polar surface area (TPSA) is 68.1 Å². The van der Waals surface area contributed by atoms with Gasteiger partial charge in [0.05, 0.1) is 17.3 Å². The summed E-state index contributed by atoms with van der Waals surface area (Å²) in [6.07, 6.45) is 5.93. The molecule has 1 amide bonds. The summed E-state index contributed by atoms with van der Waals surface area (Å²) >= 11 is 0. The maximum atomic E-state index is 12.8. The van der Waals surface area contributed by atoms with Crippen LogP contribution < -0.4 is 19.7 Å². The van der Waals surface area contributed by atoms with Crippen LogP contribution in [0.3, 0.4) is 0 Å². The van der Waals surface area contributed by atoms with E-state index in [4.69, 9.17) is 9.47 Å². The maximum absolute atomic E-state index is 12.8. The predicted molar refractivity (Wildman–Crippen MR) is 102 cm³/mol. The summed E-state index contributed by atoms with van der Waals surface area (Å²) in [5, 5.41) is 7.25. The Bertz CT molecular complexity index is 1010. The molecular weight excluding hydrogens is 344 g/mol. The lowest BCUT2D eigenvalue weighted by Gasteiger charge is -2.19. The number of nitrogens with one attached hydrogen (secondary N) is 1. The molecular formula is C20H20N4O3. The standard InChI is InChI=1S/C20H20N4O3/c25-20(22-14-3-4-18-19(11-14)27-10-9-26-18)16-13-21-24-8-5-15(12-17(16)24)23-6-1-2-7-23/h3-5,8,11-13H,1-2,6-7,9-10H2,(H,22,25). The van der Waals surface area contributed by atoms with Crippen LogP contribution in [0, 0.1) is 0 Å². The number of nitrogens with zero attached hydrogens (tertiary/aromatic N) is 3. The van der Waals surface area contributed by atoms with E-state index in [-0.39, 0.29) is 5.91 Å². The minimum absolute atomic E-state index is 0.194. The lowest BCUT2D eigenvalue weighted by Crippen LogP contribution is -2.18. The first kappa shape index (κ1) is 16.0. The summed E-state index contributed by atoms with van der Waals surface area (Å²) in [7, 11) is 0. The van der Waals surface area contributed by atoms with E-state index in [1.54, 1.807) is 16.8 Å². The van der Waals surface area contributed by atoms with Crippen molar-refractivity contribution in [2.45, 2.75) is 12.8 Å². The first-order valence-corrected chi connectivity index (χ1v) is 9.21. The summed E-state index contributed by atoms with van der Waals surface area (Å²) in [6, 6.07) is 9.50. The van der Waals surface area contributed by atoms with E-state index in [9.17, 15) is 4.79 Å². The normalized spacial score (nSPS) is 15.9. The van der Waals surface area contributed by atoms with Crippen molar-refractivity contribution in [3.8, 4) is 11.5 Å². The highest BCUT2D eigenvalue weighted by Gasteiger charge is 2.18. The van der Waals surface area contributed by atoms with Crippen molar-refractivity contribution < 1.29 is 14.3 Å². The van der Waals surface area contributed by atoms with Crippen LogP contribution in [0.2, 0.25) is 0 Å². The third-order valence-electron chi connectivity index (χ3n) is 5.02. The van der Waals surface area contributed by atoms with Crippen LogP contribution in [0.4, 0.5) is 11.4 Å². The molecule has 2 aliphatic heterocycles. The van der Waals surface area contributed by atoms with Gasteiger partial charge in [0.15, 0.2) is 11.5 Å². The number of aromatic nitrogens is 2. The second-order valence-corrected chi connectivity index (χ2v) is 6.78. The molecule has 138 valence electrons. The van der Waals surface area contributed by atoms with Crippen molar-refractivity contribution >= 4 is 22.8 Å². The molecule has 0 atom stereocenters. The number of pyridine rings is 1. The molecule has 0 radical (unpaired) electrons. The fraction of sp³-hybridized carbons (Fsp3) is 0.300. The third-order valence-corrected chi connectivity index (χ3v) is 5.02. The fourth-order valence-corrected chi connectivity index (χ4v) is 3.64. The number of hydrogen-bond donors (Lipinski definition) is 1. The van der Waals surface area contributed by atoms with Gasteiger partial charge in [0.1, 0.15) is 13.2 Å². The molecule has 0 aliphatic carbocycles. The molecule has 5 rings (SSSR count). The Kier molecular flexibility index (Phi) is 3.85. The summed E-state index contributed by atoms with van der Waals surface area (Å²) in [6.45, 7) is 3.17. The van der Waals surface area contributed by atoms with Crippen LogP contribution in [0.1, 0.15) is 23.2 Å². The average Bonchev–Trinajstić information content (AvgIpc) is 3.37. The number of anilines is 2. The Hall–Kier alpha value is -3.22. The second-order valence-electron chi connectivity index (χ2n) is 6.78. The van der Waals surface area contributed by atoms with E-state index in [0.717, 1.165) is 24.3 Å². The van der Waals surface area contributed by atoms with Gasteiger partial charge in [-0.2, -0.15) is 5.10 Å². The van der Waals surface area contributed by atoms with E-state index < -0.39 is 0 Å². The monoisotopic (exact) mass is 364 g/mol. The number of benzene rings is 1. The highest BCUT2D eigenvalue weighted by atomic mass is 16.6. The first-order chi connectivity index (χ1) is 13.3. The molecule has 3 aromatic rings. The Balaban J connectivity index is 1.42. The molecule has 2 aliphatic rings. The minimum atomic E-state index is -0.194. The van der Waals surface area contributed by atoms with Crippen LogP contribution in [0.25, 0.3) is 5.52 Å². The maximum Gasteiger partial charge on any atom is 0.259 e. The number of amides is 1. The Labute approximate surface area is 156 Å². The van der Waals surface area contributed by atoms with Crippen molar-refractivity contribution in [1.29, 1.82) is 0 Å². The fourth-order valence-electron chi connectivity index (χ4n) is 3.64. The molecule has 0 saturated carbocycles. The van der Waals surface area contributed by atoms with E-state index in [0.29, 0.717) is 36.0 Å². The van der Waals surface area contributed by atoms with Gasteiger partial charge in [0, 0.05) is 36.7 Å². The Morgan fingerprint density at radius 2 is 1.85 bits per heavy atom. The Morgan fingerprint density at radius 1 is 1.04 bits per heavy atom. The van der Waals surface area contributed by atoms with Crippen LogP contribution in [-0.4, -0.2) is 41.8 Å². The quantitative estimate of drug-likeness (QED) is 0.774. The Morgan fingerprint density at radius 3 is 2.70 bits per heavy atom. The summed E-state index contributed by atoms with van der Waals surface area (Å²) in [5.41, 5.74) is 3.15. The molecule has 1 fully saturated rings. The van der Waals surface area contributed by atoms with Gasteiger partial charge in [0.2, 0.25) is 0 Å². The number of rotatable bonds is 3. The molecule has 4 heterocycles. The molecule has 7 heteroatoms. The van der Waals surface area contributed by atoms with Crippen molar-refractivity contribution in [3.05, 3.63) is 48.3 Å². The van der Waals surface area contributed by atoms with Crippen molar-refractivity contribution in [2.24, 2.45) is 0 Å². The summed E-state index contributed by atoms with van der Waals surface area (Å²) in [4.78, 5) is 15.2. The van der Waals surface area contributed by atoms with E-state index in [1.165, 1.54) is 12.8 Å². The second kappa shape index (κ2) is 6.50. The SMILES string of the molecule is O=C(Nc1ccc2c(c1)OCCO2)c1cnn2ccc(N3CCCC3)cc12. The van der Waals surface area contributed by atoms with Gasteiger partial charge in [-0.15, -0.1) is 0 Å². The van der Waals surface area contributed by atoms with Gasteiger partial charge >= 0.3 is 0 Å². The zero-order valence-electron chi connectivity index (χ0n) is 14.9. The first-order valence-electron chi connectivity index (χ1n) is 9.21.